The van der Waals surface area contributed by atoms with E-state index in [-0.39, 0.29) is 9.52 Å². The fraction of sp³-hybridized carbons (Fsp3) is 0.500. The number of halogens is 4. The minimum Gasteiger partial charge on any atom is -0.166 e. The molecular formula is C16H20ClF3Si. The lowest BCUT2D eigenvalue weighted by Crippen LogP contribution is -2.24. The van der Waals surface area contributed by atoms with Gasteiger partial charge in [0.05, 0.1) is 15.1 Å². The molecule has 0 saturated heterocycles. The highest BCUT2D eigenvalue weighted by Gasteiger charge is 2.32. The first-order valence-corrected chi connectivity index (χ1v) is 8.91. The second-order valence-corrected chi connectivity index (χ2v) is 6.47. The van der Waals surface area contributed by atoms with Crippen LogP contribution >= 0.6 is 11.6 Å². The van der Waals surface area contributed by atoms with Gasteiger partial charge in [-0.2, -0.15) is 13.2 Å². The number of hydrogen-bond donors (Lipinski definition) is 0. The van der Waals surface area contributed by atoms with Crippen molar-refractivity contribution < 1.29 is 13.2 Å². The van der Waals surface area contributed by atoms with Crippen molar-refractivity contribution in [2.24, 2.45) is 0 Å². The first kappa shape index (κ1) is 18.3. The molecule has 0 aliphatic heterocycles. The van der Waals surface area contributed by atoms with E-state index in [1.54, 1.807) is 12.1 Å². The number of alkyl halides is 4. The number of rotatable bonds is 9. The van der Waals surface area contributed by atoms with Crippen molar-refractivity contribution in [3.63, 3.8) is 0 Å². The number of hydrogen-bond acceptors (Lipinski definition) is 0. The first-order chi connectivity index (χ1) is 10.1. The van der Waals surface area contributed by atoms with Crippen molar-refractivity contribution in [3.8, 4) is 0 Å². The van der Waals surface area contributed by atoms with E-state index in [1.165, 1.54) is 6.07 Å². The molecule has 0 saturated carbocycles. The van der Waals surface area contributed by atoms with E-state index >= 15 is 0 Å². The van der Waals surface area contributed by atoms with E-state index < -0.39 is 11.7 Å². The molecule has 5 heteroatoms. The summed E-state index contributed by atoms with van der Waals surface area (Å²) in [5.41, 5.74) is -0.502. The second kappa shape index (κ2) is 10.1. The van der Waals surface area contributed by atoms with Crippen LogP contribution in [0.25, 0.3) is 0 Å². The van der Waals surface area contributed by atoms with Crippen LogP contribution in [0.2, 0.25) is 6.04 Å². The number of unbranched alkanes of at least 4 members (excludes halogenated alkanes) is 4. The molecule has 0 fully saturated rings. The standard InChI is InChI=1S/C16H20ClF3Si/c17-12-8-4-2-1-3-5-9-13-21-15-11-7-6-10-14(15)16(18,19)20/h5-7,9-11H,1-4,8,12-13H2. The Morgan fingerprint density at radius 1 is 1.00 bits per heavy atom. The highest BCUT2D eigenvalue weighted by atomic mass is 35.5. The average molecular weight is 333 g/mol. The van der Waals surface area contributed by atoms with E-state index in [4.69, 9.17) is 11.6 Å². The van der Waals surface area contributed by atoms with Crippen LogP contribution < -0.4 is 5.19 Å². The summed E-state index contributed by atoms with van der Waals surface area (Å²) in [4.78, 5) is 0. The van der Waals surface area contributed by atoms with Crippen LogP contribution in [0, 0.1) is 0 Å². The Balaban J connectivity index is 2.30. The second-order valence-electron chi connectivity index (χ2n) is 4.79. The third-order valence-corrected chi connectivity index (χ3v) is 4.59. The summed E-state index contributed by atoms with van der Waals surface area (Å²) in [6.07, 6.45) is 5.30. The lowest BCUT2D eigenvalue weighted by atomic mass is 10.1. The minimum absolute atomic E-state index is 0.165. The minimum atomic E-state index is -4.25. The number of benzene rings is 1. The van der Waals surface area contributed by atoms with E-state index in [0.29, 0.717) is 11.2 Å². The molecule has 21 heavy (non-hydrogen) atoms. The van der Waals surface area contributed by atoms with Gasteiger partial charge in [0, 0.05) is 5.88 Å². The molecule has 2 radical (unpaired) electrons. The monoisotopic (exact) mass is 332 g/mol. The molecular weight excluding hydrogens is 313 g/mol. The number of allylic oxidation sites excluding steroid dienone is 2. The van der Waals surface area contributed by atoms with Gasteiger partial charge < -0.3 is 0 Å². The Hall–Kier alpha value is -0.743. The molecule has 0 spiro atoms. The maximum atomic E-state index is 12.8. The molecule has 0 unspecified atom stereocenters. The van der Waals surface area contributed by atoms with Crippen LogP contribution in [0.5, 0.6) is 0 Å². The molecule has 1 aromatic rings. The van der Waals surface area contributed by atoms with Gasteiger partial charge in [-0.25, -0.2) is 0 Å². The zero-order valence-corrected chi connectivity index (χ0v) is 13.7. The summed E-state index contributed by atoms with van der Waals surface area (Å²) in [5.74, 6) is 0.718. The normalized spacial score (nSPS) is 12.2. The molecule has 0 aromatic heterocycles. The molecule has 116 valence electrons. The van der Waals surface area contributed by atoms with E-state index in [0.717, 1.165) is 44.1 Å². The lowest BCUT2D eigenvalue weighted by Gasteiger charge is -2.11. The van der Waals surface area contributed by atoms with Gasteiger partial charge in [-0.15, -0.1) is 11.6 Å². The van der Waals surface area contributed by atoms with Crippen molar-refractivity contribution in [2.75, 3.05) is 5.88 Å². The average Bonchev–Trinajstić information content (AvgIpc) is 2.45. The van der Waals surface area contributed by atoms with Crippen molar-refractivity contribution in [3.05, 3.63) is 42.0 Å². The smallest absolute Gasteiger partial charge is 0.166 e. The predicted octanol–water partition coefficient (Wildman–Crippen LogP) is 5.20. The molecule has 0 aliphatic rings. The molecule has 1 aromatic carbocycles. The maximum Gasteiger partial charge on any atom is 0.416 e. The Labute approximate surface area is 132 Å². The van der Waals surface area contributed by atoms with Crippen molar-refractivity contribution in [2.45, 2.75) is 44.3 Å². The highest BCUT2D eigenvalue weighted by Crippen LogP contribution is 2.27. The lowest BCUT2D eigenvalue weighted by molar-refractivity contribution is -0.136. The van der Waals surface area contributed by atoms with Gasteiger partial charge in [0.1, 0.15) is 0 Å². The summed E-state index contributed by atoms with van der Waals surface area (Å²) in [6.45, 7) is 0. The highest BCUT2D eigenvalue weighted by molar-refractivity contribution is 6.54. The zero-order chi connectivity index (χ0) is 15.6. The first-order valence-electron chi connectivity index (χ1n) is 7.16. The molecule has 1 rings (SSSR count). The fourth-order valence-corrected chi connectivity index (χ4v) is 3.29. The fourth-order valence-electron chi connectivity index (χ4n) is 1.96. The Kier molecular flexibility index (Phi) is 8.77. The molecule has 0 heterocycles. The molecule has 0 bridgehead atoms. The third kappa shape index (κ3) is 7.72. The van der Waals surface area contributed by atoms with Gasteiger partial charge in [0.15, 0.2) is 0 Å². The zero-order valence-electron chi connectivity index (χ0n) is 11.9. The molecule has 0 amide bonds. The molecule has 0 aliphatic carbocycles. The Bertz CT molecular complexity index is 430. The van der Waals surface area contributed by atoms with Crippen molar-refractivity contribution >= 4 is 26.3 Å². The van der Waals surface area contributed by atoms with Crippen LogP contribution in [0.15, 0.2) is 36.4 Å². The summed E-state index contributed by atoms with van der Waals surface area (Å²) in [6, 6.07) is 6.50. The van der Waals surface area contributed by atoms with E-state index in [2.05, 4.69) is 6.08 Å². The SMILES string of the molecule is FC(F)(F)c1ccccc1[Si]CC=CCCCCCCCl. The third-order valence-electron chi connectivity index (χ3n) is 3.06. The van der Waals surface area contributed by atoms with Crippen molar-refractivity contribution in [1.82, 2.24) is 0 Å². The summed E-state index contributed by atoms with van der Waals surface area (Å²) < 4.78 is 38.4. The summed E-state index contributed by atoms with van der Waals surface area (Å²) in [5, 5.41) is 0.400. The van der Waals surface area contributed by atoms with E-state index in [1.807, 2.05) is 6.08 Å². The topological polar surface area (TPSA) is 0 Å². The van der Waals surface area contributed by atoms with Gasteiger partial charge in [0.2, 0.25) is 0 Å². The quantitative estimate of drug-likeness (QED) is 0.252. The molecule has 0 atom stereocenters. The van der Waals surface area contributed by atoms with Gasteiger partial charge in [-0.1, -0.05) is 54.4 Å². The van der Waals surface area contributed by atoms with Gasteiger partial charge in [0.25, 0.3) is 0 Å². The Morgan fingerprint density at radius 3 is 2.43 bits per heavy atom. The van der Waals surface area contributed by atoms with Crippen LogP contribution in [0.1, 0.15) is 37.7 Å². The van der Waals surface area contributed by atoms with Crippen molar-refractivity contribution in [1.29, 1.82) is 0 Å². The van der Waals surface area contributed by atoms with Gasteiger partial charge in [-0.3, -0.25) is 0 Å². The predicted molar refractivity (Wildman–Crippen MR) is 84.6 cm³/mol. The van der Waals surface area contributed by atoms with Crippen LogP contribution in [0.3, 0.4) is 0 Å². The van der Waals surface area contributed by atoms with Crippen LogP contribution in [-0.4, -0.2) is 15.4 Å². The maximum absolute atomic E-state index is 12.8. The molecule has 0 N–H and O–H groups in total. The van der Waals surface area contributed by atoms with Gasteiger partial charge >= 0.3 is 6.18 Å². The van der Waals surface area contributed by atoms with Crippen LogP contribution in [-0.2, 0) is 6.18 Å². The molecule has 0 nitrogen and oxygen atoms in total. The van der Waals surface area contributed by atoms with E-state index in [9.17, 15) is 13.2 Å². The largest absolute Gasteiger partial charge is 0.416 e. The summed E-state index contributed by atoms with van der Waals surface area (Å²) >= 11 is 5.59. The Morgan fingerprint density at radius 2 is 1.71 bits per heavy atom. The van der Waals surface area contributed by atoms with Gasteiger partial charge in [-0.05, 0) is 25.3 Å². The van der Waals surface area contributed by atoms with Crippen LogP contribution in [0.4, 0.5) is 13.2 Å². The summed E-state index contributed by atoms with van der Waals surface area (Å²) in [7, 11) is 0.165.